The molecule has 0 aromatic heterocycles. The van der Waals surface area contributed by atoms with Gasteiger partial charge >= 0.3 is 0 Å². The van der Waals surface area contributed by atoms with E-state index in [9.17, 15) is 5.11 Å². The molecule has 1 rings (SSSR count). The van der Waals surface area contributed by atoms with Gasteiger partial charge in [0.25, 0.3) is 0 Å². The molecule has 2 nitrogen and oxygen atoms in total. The molecule has 0 aliphatic heterocycles. The SMILES string of the molecule is CN=C(c1ccc(Br)cc1)C(C)O. The fourth-order valence-corrected chi connectivity index (χ4v) is 1.44. The van der Waals surface area contributed by atoms with E-state index in [1.807, 2.05) is 24.3 Å². The highest BCUT2D eigenvalue weighted by molar-refractivity contribution is 9.10. The molecule has 1 unspecified atom stereocenters. The fraction of sp³-hybridized carbons (Fsp3) is 0.300. The molecule has 0 bridgehead atoms. The number of aliphatic imine (C=N–C) groups is 1. The first-order chi connectivity index (χ1) is 6.15. The van der Waals surface area contributed by atoms with Crippen LogP contribution in [-0.4, -0.2) is 24.0 Å². The van der Waals surface area contributed by atoms with Crippen LogP contribution in [0.4, 0.5) is 0 Å². The van der Waals surface area contributed by atoms with Crippen molar-refractivity contribution in [3.63, 3.8) is 0 Å². The fourth-order valence-electron chi connectivity index (χ4n) is 1.18. The highest BCUT2D eigenvalue weighted by Crippen LogP contribution is 2.12. The van der Waals surface area contributed by atoms with Gasteiger partial charge in [0, 0.05) is 11.5 Å². The molecule has 1 atom stereocenters. The zero-order valence-corrected chi connectivity index (χ0v) is 9.25. The van der Waals surface area contributed by atoms with E-state index >= 15 is 0 Å². The molecule has 0 aliphatic carbocycles. The van der Waals surface area contributed by atoms with Crippen LogP contribution in [0.25, 0.3) is 0 Å². The minimum absolute atomic E-state index is 0.522. The molecule has 0 heterocycles. The maximum atomic E-state index is 9.39. The molecular weight excluding hydrogens is 230 g/mol. The number of aliphatic hydroxyl groups is 1. The Balaban J connectivity index is 3.00. The summed E-state index contributed by atoms with van der Waals surface area (Å²) in [5.74, 6) is 0. The van der Waals surface area contributed by atoms with Gasteiger partial charge in [-0.05, 0) is 24.6 Å². The van der Waals surface area contributed by atoms with E-state index in [-0.39, 0.29) is 0 Å². The molecule has 13 heavy (non-hydrogen) atoms. The number of benzene rings is 1. The Hall–Kier alpha value is -0.670. The second-order valence-electron chi connectivity index (χ2n) is 2.79. The first-order valence-corrected chi connectivity index (χ1v) is 4.85. The van der Waals surface area contributed by atoms with Crippen LogP contribution in [0.3, 0.4) is 0 Å². The van der Waals surface area contributed by atoms with Gasteiger partial charge in [-0.3, -0.25) is 4.99 Å². The third kappa shape index (κ3) is 2.64. The second-order valence-corrected chi connectivity index (χ2v) is 3.71. The van der Waals surface area contributed by atoms with Crippen LogP contribution < -0.4 is 0 Å². The minimum Gasteiger partial charge on any atom is -0.387 e. The summed E-state index contributed by atoms with van der Waals surface area (Å²) in [6, 6.07) is 7.73. The van der Waals surface area contributed by atoms with E-state index in [4.69, 9.17) is 0 Å². The molecule has 1 aromatic rings. The van der Waals surface area contributed by atoms with E-state index in [0.29, 0.717) is 5.71 Å². The van der Waals surface area contributed by atoms with Crippen LogP contribution in [0.2, 0.25) is 0 Å². The van der Waals surface area contributed by atoms with Crippen LogP contribution in [0.1, 0.15) is 12.5 Å². The monoisotopic (exact) mass is 241 g/mol. The smallest absolute Gasteiger partial charge is 0.0933 e. The largest absolute Gasteiger partial charge is 0.387 e. The molecule has 0 radical (unpaired) electrons. The third-order valence-corrected chi connectivity index (χ3v) is 2.31. The molecule has 0 saturated heterocycles. The molecular formula is C10H12BrNO. The van der Waals surface area contributed by atoms with E-state index in [1.54, 1.807) is 14.0 Å². The van der Waals surface area contributed by atoms with E-state index < -0.39 is 6.10 Å². The van der Waals surface area contributed by atoms with Gasteiger partial charge in [0.05, 0.1) is 11.8 Å². The normalized spacial score (nSPS) is 14.3. The van der Waals surface area contributed by atoms with Crippen molar-refractivity contribution in [3.05, 3.63) is 34.3 Å². The number of halogens is 1. The summed E-state index contributed by atoms with van der Waals surface area (Å²) in [7, 11) is 1.68. The summed E-state index contributed by atoms with van der Waals surface area (Å²) in [4.78, 5) is 4.04. The molecule has 1 aromatic carbocycles. The maximum Gasteiger partial charge on any atom is 0.0933 e. The zero-order valence-electron chi connectivity index (χ0n) is 7.66. The highest BCUT2D eigenvalue weighted by Gasteiger charge is 2.07. The predicted molar refractivity (Wildman–Crippen MR) is 58.3 cm³/mol. The van der Waals surface area contributed by atoms with Crippen molar-refractivity contribution in [2.45, 2.75) is 13.0 Å². The summed E-state index contributed by atoms with van der Waals surface area (Å²) >= 11 is 3.35. The van der Waals surface area contributed by atoms with E-state index in [0.717, 1.165) is 10.0 Å². The van der Waals surface area contributed by atoms with Gasteiger partial charge < -0.3 is 5.11 Å². The van der Waals surface area contributed by atoms with Gasteiger partial charge in [0.2, 0.25) is 0 Å². The predicted octanol–water partition coefficient (Wildman–Crippen LogP) is 2.25. The lowest BCUT2D eigenvalue weighted by Gasteiger charge is -2.08. The standard InChI is InChI=1S/C10H12BrNO/c1-7(13)10(12-2)8-3-5-9(11)6-4-8/h3-7,13H,1-2H3. The van der Waals surface area contributed by atoms with Crippen molar-refractivity contribution >= 4 is 21.6 Å². The number of hydrogen-bond donors (Lipinski definition) is 1. The van der Waals surface area contributed by atoms with Crippen LogP contribution in [-0.2, 0) is 0 Å². The van der Waals surface area contributed by atoms with Crippen molar-refractivity contribution in [3.8, 4) is 0 Å². The molecule has 1 N–H and O–H groups in total. The van der Waals surface area contributed by atoms with Crippen LogP contribution in [0.15, 0.2) is 33.7 Å². The summed E-state index contributed by atoms with van der Waals surface area (Å²) in [5, 5.41) is 9.39. The second kappa shape index (κ2) is 4.53. The number of aliphatic hydroxyl groups excluding tert-OH is 1. The topological polar surface area (TPSA) is 32.6 Å². The lowest BCUT2D eigenvalue weighted by atomic mass is 10.1. The minimum atomic E-state index is -0.522. The van der Waals surface area contributed by atoms with Crippen molar-refractivity contribution in [1.82, 2.24) is 0 Å². The molecule has 3 heteroatoms. The summed E-state index contributed by atoms with van der Waals surface area (Å²) in [6.07, 6.45) is -0.522. The lowest BCUT2D eigenvalue weighted by molar-refractivity contribution is 0.262. The van der Waals surface area contributed by atoms with Gasteiger partial charge in [-0.25, -0.2) is 0 Å². The van der Waals surface area contributed by atoms with Crippen molar-refractivity contribution in [1.29, 1.82) is 0 Å². The van der Waals surface area contributed by atoms with Gasteiger partial charge in [-0.15, -0.1) is 0 Å². The van der Waals surface area contributed by atoms with Crippen LogP contribution >= 0.6 is 15.9 Å². The van der Waals surface area contributed by atoms with Crippen molar-refractivity contribution < 1.29 is 5.11 Å². The van der Waals surface area contributed by atoms with E-state index in [1.165, 1.54) is 0 Å². The van der Waals surface area contributed by atoms with Crippen LogP contribution in [0.5, 0.6) is 0 Å². The first kappa shape index (κ1) is 10.4. The third-order valence-electron chi connectivity index (χ3n) is 1.78. The Morgan fingerprint density at radius 2 is 1.92 bits per heavy atom. The van der Waals surface area contributed by atoms with Crippen LogP contribution in [0, 0.1) is 0 Å². The average Bonchev–Trinajstić information content (AvgIpc) is 2.09. The Morgan fingerprint density at radius 1 is 1.38 bits per heavy atom. The molecule has 0 fully saturated rings. The van der Waals surface area contributed by atoms with Gasteiger partial charge in [-0.1, -0.05) is 28.1 Å². The molecule has 70 valence electrons. The summed E-state index contributed by atoms with van der Waals surface area (Å²) in [5.41, 5.74) is 1.67. The van der Waals surface area contributed by atoms with E-state index in [2.05, 4.69) is 20.9 Å². The van der Waals surface area contributed by atoms with Crippen molar-refractivity contribution in [2.24, 2.45) is 4.99 Å². The number of nitrogens with zero attached hydrogens (tertiary/aromatic N) is 1. The molecule has 0 aliphatic rings. The molecule has 0 amide bonds. The zero-order chi connectivity index (χ0) is 9.84. The number of hydrogen-bond acceptors (Lipinski definition) is 2. The summed E-state index contributed by atoms with van der Waals surface area (Å²) in [6.45, 7) is 1.71. The molecule has 0 saturated carbocycles. The highest BCUT2D eigenvalue weighted by atomic mass is 79.9. The maximum absolute atomic E-state index is 9.39. The molecule has 0 spiro atoms. The Labute approximate surface area is 86.4 Å². The van der Waals surface area contributed by atoms with Gasteiger partial charge in [0.15, 0.2) is 0 Å². The van der Waals surface area contributed by atoms with Crippen molar-refractivity contribution in [2.75, 3.05) is 7.05 Å². The Kier molecular flexibility index (Phi) is 3.63. The quantitative estimate of drug-likeness (QED) is 0.792. The van der Waals surface area contributed by atoms with Gasteiger partial charge in [0.1, 0.15) is 0 Å². The summed E-state index contributed by atoms with van der Waals surface area (Å²) < 4.78 is 1.03. The first-order valence-electron chi connectivity index (χ1n) is 4.06. The average molecular weight is 242 g/mol. The Morgan fingerprint density at radius 3 is 2.31 bits per heavy atom. The lowest BCUT2D eigenvalue weighted by Crippen LogP contribution is -2.17. The Bertz CT molecular complexity index is 303. The number of rotatable bonds is 2. The van der Waals surface area contributed by atoms with Gasteiger partial charge in [-0.2, -0.15) is 0 Å².